The summed E-state index contributed by atoms with van der Waals surface area (Å²) in [6.45, 7) is 4.94. The van der Waals surface area contributed by atoms with E-state index < -0.39 is 0 Å². The maximum atomic E-state index is 6.30. The van der Waals surface area contributed by atoms with Crippen LogP contribution >= 0.6 is 11.6 Å². The minimum absolute atomic E-state index is 0.188. The Morgan fingerprint density at radius 2 is 1.86 bits per heavy atom. The molecule has 0 amide bonds. The van der Waals surface area contributed by atoms with Crippen molar-refractivity contribution in [2.45, 2.75) is 32.1 Å². The third-order valence-electron chi connectivity index (χ3n) is 4.07. The van der Waals surface area contributed by atoms with Crippen molar-refractivity contribution in [2.75, 3.05) is 13.7 Å². The van der Waals surface area contributed by atoms with E-state index >= 15 is 0 Å². The van der Waals surface area contributed by atoms with Crippen LogP contribution in [0.3, 0.4) is 0 Å². The highest BCUT2D eigenvalue weighted by Crippen LogP contribution is 2.33. The quantitative estimate of drug-likeness (QED) is 0.834. The molecule has 0 aliphatic heterocycles. The van der Waals surface area contributed by atoms with Gasteiger partial charge >= 0.3 is 0 Å². The Bertz CT molecular complexity index is 625. The van der Waals surface area contributed by atoms with Crippen LogP contribution in [0, 0.1) is 0 Å². The minimum atomic E-state index is 0.188. The van der Waals surface area contributed by atoms with Gasteiger partial charge in [0.2, 0.25) is 0 Å². The summed E-state index contributed by atoms with van der Waals surface area (Å²) in [5.74, 6) is 1.56. The molecule has 0 saturated carbocycles. The van der Waals surface area contributed by atoms with Gasteiger partial charge in [0.25, 0.3) is 0 Å². The molecule has 0 spiro atoms. The topological polar surface area (TPSA) is 35.2 Å². The third kappa shape index (κ3) is 3.82. The molecule has 0 bridgehead atoms. The van der Waals surface area contributed by atoms with Gasteiger partial charge in [0.15, 0.2) is 0 Å². The molecule has 3 heteroatoms. The van der Waals surface area contributed by atoms with Crippen LogP contribution in [-0.4, -0.2) is 13.7 Å². The summed E-state index contributed by atoms with van der Waals surface area (Å²) in [4.78, 5) is 0. The Morgan fingerprint density at radius 3 is 2.45 bits per heavy atom. The highest BCUT2D eigenvalue weighted by Gasteiger charge is 2.18. The van der Waals surface area contributed by atoms with E-state index in [0.717, 1.165) is 28.3 Å². The molecule has 0 heterocycles. The van der Waals surface area contributed by atoms with Crippen molar-refractivity contribution in [3.63, 3.8) is 0 Å². The number of rotatable bonds is 6. The molecule has 22 heavy (non-hydrogen) atoms. The van der Waals surface area contributed by atoms with Crippen LogP contribution in [0.1, 0.15) is 42.4 Å². The van der Waals surface area contributed by atoms with Crippen LogP contribution in [0.2, 0.25) is 5.02 Å². The number of methoxy groups -OCH3 is 1. The molecule has 0 aromatic heterocycles. The number of benzene rings is 2. The molecule has 0 saturated heterocycles. The maximum absolute atomic E-state index is 6.30. The van der Waals surface area contributed by atoms with Gasteiger partial charge in [-0.25, -0.2) is 0 Å². The fourth-order valence-corrected chi connectivity index (χ4v) is 2.89. The Hall–Kier alpha value is -1.51. The summed E-state index contributed by atoms with van der Waals surface area (Å²) in [7, 11) is 1.71. The van der Waals surface area contributed by atoms with Crippen LogP contribution in [0.4, 0.5) is 0 Å². The summed E-state index contributed by atoms with van der Waals surface area (Å²) in [5, 5.41) is 0.792. The van der Waals surface area contributed by atoms with Gasteiger partial charge in [0, 0.05) is 10.9 Å². The number of hydrogen-bond donors (Lipinski definition) is 1. The smallest absolute Gasteiger partial charge is 0.122 e. The van der Waals surface area contributed by atoms with E-state index in [1.54, 1.807) is 7.11 Å². The second-order valence-corrected chi connectivity index (χ2v) is 6.29. The van der Waals surface area contributed by atoms with Crippen LogP contribution < -0.4 is 10.5 Å². The highest BCUT2D eigenvalue weighted by molar-refractivity contribution is 6.31. The van der Waals surface area contributed by atoms with Crippen molar-refractivity contribution in [3.8, 4) is 5.75 Å². The Morgan fingerprint density at radius 1 is 1.14 bits per heavy atom. The Balaban J connectivity index is 2.37. The van der Waals surface area contributed by atoms with Crippen molar-refractivity contribution < 1.29 is 4.74 Å². The number of halogens is 1. The maximum Gasteiger partial charge on any atom is 0.122 e. The SMILES string of the molecule is COc1ccc(C(C)C)cc1C(CN)Cc1ccccc1Cl. The molecule has 118 valence electrons. The number of nitrogens with two attached hydrogens (primary N) is 1. The molecule has 2 aromatic carbocycles. The first-order valence-electron chi connectivity index (χ1n) is 7.68. The lowest BCUT2D eigenvalue weighted by molar-refractivity contribution is 0.405. The summed E-state index contributed by atoms with van der Waals surface area (Å²) in [6.07, 6.45) is 0.814. The van der Waals surface area contributed by atoms with Crippen molar-refractivity contribution in [1.82, 2.24) is 0 Å². The zero-order chi connectivity index (χ0) is 16.1. The fraction of sp³-hybridized carbons (Fsp3) is 0.368. The van der Waals surface area contributed by atoms with Gasteiger partial charge in [-0.2, -0.15) is 0 Å². The van der Waals surface area contributed by atoms with Crippen molar-refractivity contribution in [3.05, 3.63) is 64.2 Å². The van der Waals surface area contributed by atoms with Crippen molar-refractivity contribution in [2.24, 2.45) is 5.73 Å². The lowest BCUT2D eigenvalue weighted by atomic mass is 9.88. The van der Waals surface area contributed by atoms with Crippen LogP contribution in [0.25, 0.3) is 0 Å². The summed E-state index contributed by atoms with van der Waals surface area (Å²) >= 11 is 6.30. The zero-order valence-corrected chi connectivity index (χ0v) is 14.2. The molecule has 2 aromatic rings. The summed E-state index contributed by atoms with van der Waals surface area (Å²) < 4.78 is 5.54. The van der Waals surface area contributed by atoms with Gasteiger partial charge in [0.1, 0.15) is 5.75 Å². The van der Waals surface area contributed by atoms with Crippen LogP contribution in [0.5, 0.6) is 5.75 Å². The second-order valence-electron chi connectivity index (χ2n) is 5.88. The van der Waals surface area contributed by atoms with Crippen LogP contribution in [0.15, 0.2) is 42.5 Å². The van der Waals surface area contributed by atoms with Gasteiger partial charge in [-0.15, -0.1) is 0 Å². The minimum Gasteiger partial charge on any atom is -0.496 e. The van der Waals surface area contributed by atoms with Crippen molar-refractivity contribution in [1.29, 1.82) is 0 Å². The van der Waals surface area contributed by atoms with E-state index in [9.17, 15) is 0 Å². The standard InChI is InChI=1S/C19H24ClNO/c1-13(2)14-8-9-19(22-3)17(11-14)16(12-21)10-15-6-4-5-7-18(15)20/h4-9,11,13,16H,10,12,21H2,1-3H3. The van der Waals surface area contributed by atoms with E-state index in [4.69, 9.17) is 22.1 Å². The Labute approximate surface area is 138 Å². The van der Waals surface area contributed by atoms with Crippen molar-refractivity contribution >= 4 is 11.6 Å². The number of ether oxygens (including phenoxy) is 1. The normalized spacial score (nSPS) is 12.5. The lowest BCUT2D eigenvalue weighted by Crippen LogP contribution is -2.16. The van der Waals surface area contributed by atoms with Gasteiger partial charge in [-0.1, -0.05) is 55.8 Å². The van der Waals surface area contributed by atoms with E-state index in [-0.39, 0.29) is 5.92 Å². The van der Waals surface area contributed by atoms with Crippen LogP contribution in [-0.2, 0) is 6.42 Å². The number of hydrogen-bond acceptors (Lipinski definition) is 2. The van der Waals surface area contributed by atoms with Gasteiger partial charge < -0.3 is 10.5 Å². The Kier molecular flexibility index (Phi) is 5.87. The molecule has 1 atom stereocenters. The zero-order valence-electron chi connectivity index (χ0n) is 13.5. The molecule has 2 N–H and O–H groups in total. The molecule has 2 nitrogen and oxygen atoms in total. The molecule has 0 radical (unpaired) electrons. The molecule has 0 aliphatic rings. The molecular formula is C19H24ClNO. The first kappa shape index (κ1) is 16.9. The largest absolute Gasteiger partial charge is 0.496 e. The second kappa shape index (κ2) is 7.66. The molecular weight excluding hydrogens is 294 g/mol. The molecule has 0 fully saturated rings. The third-order valence-corrected chi connectivity index (χ3v) is 4.44. The lowest BCUT2D eigenvalue weighted by Gasteiger charge is -2.21. The van der Waals surface area contributed by atoms with Gasteiger partial charge in [-0.05, 0) is 47.7 Å². The van der Waals surface area contributed by atoms with E-state index in [1.807, 2.05) is 24.3 Å². The fourth-order valence-electron chi connectivity index (χ4n) is 2.68. The van der Waals surface area contributed by atoms with Gasteiger partial charge in [-0.3, -0.25) is 0 Å². The average Bonchev–Trinajstić information content (AvgIpc) is 2.53. The highest BCUT2D eigenvalue weighted by atomic mass is 35.5. The van der Waals surface area contributed by atoms with E-state index in [0.29, 0.717) is 12.5 Å². The monoisotopic (exact) mass is 317 g/mol. The molecule has 1 unspecified atom stereocenters. The molecule has 2 rings (SSSR count). The summed E-state index contributed by atoms with van der Waals surface area (Å²) in [5.41, 5.74) is 9.64. The van der Waals surface area contributed by atoms with Gasteiger partial charge in [0.05, 0.1) is 7.11 Å². The first-order chi connectivity index (χ1) is 10.6. The first-order valence-corrected chi connectivity index (χ1v) is 8.06. The van der Waals surface area contributed by atoms with E-state index in [1.165, 1.54) is 5.56 Å². The molecule has 0 aliphatic carbocycles. The average molecular weight is 318 g/mol. The summed E-state index contributed by atoms with van der Waals surface area (Å²) in [6, 6.07) is 14.3. The predicted octanol–water partition coefficient (Wildman–Crippen LogP) is 4.76. The van der Waals surface area contributed by atoms with E-state index in [2.05, 4.69) is 32.0 Å². The predicted molar refractivity (Wildman–Crippen MR) is 94.0 cm³/mol.